The molecule has 0 radical (unpaired) electrons. The fraction of sp³-hybridized carbons (Fsp3) is 0.222. The number of rotatable bonds is 2. The standard InChI is InChI=1S/C18H16Cl2O2/c1-17(2,21)11-12-18(22,13-7-9-14(19)10-8-13)15-5-3-4-6-16(15)20/h3-10,21-22H,1-2H3/t18-/m1/s1. The summed E-state index contributed by atoms with van der Waals surface area (Å²) >= 11 is 12.1. The third kappa shape index (κ3) is 3.82. The second kappa shape index (κ2) is 6.32. The summed E-state index contributed by atoms with van der Waals surface area (Å²) in [5.74, 6) is 5.42. The van der Waals surface area contributed by atoms with Crippen molar-refractivity contribution in [2.75, 3.05) is 0 Å². The molecule has 0 saturated heterocycles. The lowest BCUT2D eigenvalue weighted by atomic mass is 9.86. The lowest BCUT2D eigenvalue weighted by Gasteiger charge is -2.25. The van der Waals surface area contributed by atoms with Gasteiger partial charge < -0.3 is 10.2 Å². The Morgan fingerprint density at radius 3 is 2.00 bits per heavy atom. The van der Waals surface area contributed by atoms with E-state index in [0.29, 0.717) is 21.2 Å². The van der Waals surface area contributed by atoms with Gasteiger partial charge in [0, 0.05) is 21.2 Å². The van der Waals surface area contributed by atoms with Crippen LogP contribution in [0, 0.1) is 11.8 Å². The van der Waals surface area contributed by atoms with Gasteiger partial charge in [-0.05, 0) is 32.0 Å². The van der Waals surface area contributed by atoms with Crippen molar-refractivity contribution < 1.29 is 10.2 Å². The molecular formula is C18H16Cl2O2. The highest BCUT2D eigenvalue weighted by molar-refractivity contribution is 6.31. The van der Waals surface area contributed by atoms with Gasteiger partial charge in [0.25, 0.3) is 0 Å². The first-order chi connectivity index (χ1) is 10.2. The first-order valence-electron chi connectivity index (χ1n) is 6.72. The summed E-state index contributed by atoms with van der Waals surface area (Å²) < 4.78 is 0. The van der Waals surface area contributed by atoms with Crippen LogP contribution in [0.25, 0.3) is 0 Å². The van der Waals surface area contributed by atoms with Gasteiger partial charge in [0.05, 0.1) is 0 Å². The van der Waals surface area contributed by atoms with Crippen molar-refractivity contribution in [2.24, 2.45) is 0 Å². The van der Waals surface area contributed by atoms with E-state index in [1.54, 1.807) is 62.4 Å². The molecule has 2 rings (SSSR count). The average molecular weight is 335 g/mol. The van der Waals surface area contributed by atoms with Crippen molar-refractivity contribution in [3.8, 4) is 11.8 Å². The third-order valence-electron chi connectivity index (χ3n) is 3.07. The maximum Gasteiger partial charge on any atom is 0.178 e. The molecule has 0 aromatic heterocycles. The Labute approximate surface area is 140 Å². The third-order valence-corrected chi connectivity index (χ3v) is 3.66. The van der Waals surface area contributed by atoms with Crippen LogP contribution in [0.1, 0.15) is 25.0 Å². The van der Waals surface area contributed by atoms with Crippen molar-refractivity contribution in [1.29, 1.82) is 0 Å². The Hall–Kier alpha value is -1.50. The zero-order chi connectivity index (χ0) is 16.4. The lowest BCUT2D eigenvalue weighted by molar-refractivity contribution is 0.132. The molecule has 2 nitrogen and oxygen atoms in total. The van der Waals surface area contributed by atoms with E-state index >= 15 is 0 Å². The van der Waals surface area contributed by atoms with Gasteiger partial charge in [-0.3, -0.25) is 0 Å². The van der Waals surface area contributed by atoms with Crippen molar-refractivity contribution in [1.82, 2.24) is 0 Å². The first kappa shape index (κ1) is 16.9. The summed E-state index contributed by atoms with van der Waals surface area (Å²) in [4.78, 5) is 0. The van der Waals surface area contributed by atoms with E-state index in [-0.39, 0.29) is 0 Å². The predicted molar refractivity (Wildman–Crippen MR) is 90.0 cm³/mol. The molecule has 2 aromatic rings. The van der Waals surface area contributed by atoms with Gasteiger partial charge in [-0.25, -0.2) is 0 Å². The summed E-state index contributed by atoms with van der Waals surface area (Å²) in [7, 11) is 0. The number of halogens is 2. The first-order valence-corrected chi connectivity index (χ1v) is 7.48. The number of benzene rings is 2. The summed E-state index contributed by atoms with van der Waals surface area (Å²) in [6.45, 7) is 3.10. The van der Waals surface area contributed by atoms with E-state index in [2.05, 4.69) is 11.8 Å². The molecule has 0 aliphatic carbocycles. The Balaban J connectivity index is 2.66. The fourth-order valence-electron chi connectivity index (χ4n) is 1.98. The summed E-state index contributed by atoms with van der Waals surface area (Å²) in [6.07, 6.45) is 0. The van der Waals surface area contributed by atoms with Gasteiger partial charge in [0.15, 0.2) is 5.60 Å². The molecule has 0 unspecified atom stereocenters. The van der Waals surface area contributed by atoms with E-state index in [4.69, 9.17) is 23.2 Å². The van der Waals surface area contributed by atoms with Crippen molar-refractivity contribution in [3.05, 3.63) is 69.7 Å². The molecule has 0 heterocycles. The smallest absolute Gasteiger partial charge is 0.178 e. The highest BCUT2D eigenvalue weighted by atomic mass is 35.5. The molecule has 4 heteroatoms. The van der Waals surface area contributed by atoms with Crippen molar-refractivity contribution in [2.45, 2.75) is 25.0 Å². The van der Waals surface area contributed by atoms with Gasteiger partial charge >= 0.3 is 0 Å². The van der Waals surface area contributed by atoms with Crippen LogP contribution in [0.5, 0.6) is 0 Å². The highest BCUT2D eigenvalue weighted by Crippen LogP contribution is 2.34. The minimum atomic E-state index is -1.64. The van der Waals surface area contributed by atoms with E-state index in [0.717, 1.165) is 0 Å². The second-order valence-corrected chi connectivity index (χ2v) is 6.35. The molecule has 0 fully saturated rings. The van der Waals surface area contributed by atoms with Gasteiger partial charge in [-0.1, -0.05) is 65.4 Å². The number of hydrogen-bond donors (Lipinski definition) is 2. The minimum absolute atomic E-state index is 0.394. The summed E-state index contributed by atoms with van der Waals surface area (Å²) in [5.41, 5.74) is -1.89. The van der Waals surface area contributed by atoms with Crippen LogP contribution in [-0.2, 0) is 5.60 Å². The van der Waals surface area contributed by atoms with Crippen LogP contribution in [0.4, 0.5) is 0 Å². The Morgan fingerprint density at radius 2 is 1.45 bits per heavy atom. The monoisotopic (exact) mass is 334 g/mol. The van der Waals surface area contributed by atoms with Crippen LogP contribution in [-0.4, -0.2) is 15.8 Å². The Morgan fingerprint density at radius 1 is 0.864 bits per heavy atom. The minimum Gasteiger partial charge on any atom is -0.378 e. The maximum absolute atomic E-state index is 11.2. The zero-order valence-electron chi connectivity index (χ0n) is 12.3. The molecular weight excluding hydrogens is 319 g/mol. The molecule has 114 valence electrons. The molecule has 2 N–H and O–H groups in total. The van der Waals surface area contributed by atoms with Gasteiger partial charge in [-0.2, -0.15) is 0 Å². The number of hydrogen-bond acceptors (Lipinski definition) is 2. The summed E-state index contributed by atoms with van der Waals surface area (Å²) in [5, 5.41) is 22.0. The van der Waals surface area contributed by atoms with Gasteiger partial charge in [-0.15, -0.1) is 0 Å². The lowest BCUT2D eigenvalue weighted by Crippen LogP contribution is -2.27. The maximum atomic E-state index is 11.2. The van der Waals surface area contributed by atoms with Crippen molar-refractivity contribution in [3.63, 3.8) is 0 Å². The van der Waals surface area contributed by atoms with E-state index in [1.165, 1.54) is 0 Å². The second-order valence-electron chi connectivity index (χ2n) is 5.51. The molecule has 0 bridgehead atoms. The van der Waals surface area contributed by atoms with E-state index in [9.17, 15) is 10.2 Å². The zero-order valence-corrected chi connectivity index (χ0v) is 13.8. The van der Waals surface area contributed by atoms with Gasteiger partial charge in [0.1, 0.15) is 5.60 Å². The molecule has 0 amide bonds. The molecule has 1 atom stereocenters. The Kier molecular flexibility index (Phi) is 4.84. The van der Waals surface area contributed by atoms with Gasteiger partial charge in [0.2, 0.25) is 0 Å². The fourth-order valence-corrected chi connectivity index (χ4v) is 2.38. The topological polar surface area (TPSA) is 40.5 Å². The van der Waals surface area contributed by atoms with E-state index < -0.39 is 11.2 Å². The molecule has 22 heavy (non-hydrogen) atoms. The summed E-state index contributed by atoms with van der Waals surface area (Å²) in [6, 6.07) is 13.6. The normalized spacial score (nSPS) is 13.9. The van der Waals surface area contributed by atoms with Crippen LogP contribution >= 0.6 is 23.2 Å². The highest BCUT2D eigenvalue weighted by Gasteiger charge is 2.32. The molecule has 0 spiro atoms. The van der Waals surface area contributed by atoms with Crippen LogP contribution < -0.4 is 0 Å². The van der Waals surface area contributed by atoms with Crippen molar-refractivity contribution >= 4 is 23.2 Å². The molecule has 0 aliphatic heterocycles. The molecule has 0 aliphatic rings. The quantitative estimate of drug-likeness (QED) is 0.815. The van der Waals surface area contributed by atoms with Crippen LogP contribution in [0.3, 0.4) is 0 Å². The average Bonchev–Trinajstić information content (AvgIpc) is 2.45. The van der Waals surface area contributed by atoms with Crippen LogP contribution in [0.15, 0.2) is 48.5 Å². The van der Waals surface area contributed by atoms with E-state index in [1.807, 2.05) is 0 Å². The number of aliphatic hydroxyl groups is 2. The molecule has 2 aromatic carbocycles. The predicted octanol–water partition coefficient (Wildman–Crippen LogP) is 4.00. The molecule has 0 saturated carbocycles. The van der Waals surface area contributed by atoms with Crippen LogP contribution in [0.2, 0.25) is 10.0 Å². The Bertz CT molecular complexity index is 721. The largest absolute Gasteiger partial charge is 0.378 e. The SMILES string of the molecule is CC(C)(O)C#C[C@@](O)(c1ccc(Cl)cc1)c1ccccc1Cl.